The number of ketones is 1. The maximum absolute atomic E-state index is 12.8. The molecule has 0 fully saturated rings. The SMILES string of the molecule is CN(C)c1ccc(CNC2=CC3c4c(c[nH]c4C2=O)CCN3C)cc1. The van der Waals surface area contributed by atoms with Gasteiger partial charge >= 0.3 is 0 Å². The van der Waals surface area contributed by atoms with Gasteiger partial charge in [-0.05, 0) is 42.8 Å². The maximum Gasteiger partial charge on any atom is 0.225 e. The Balaban J connectivity index is 1.54. The number of benzene rings is 1. The minimum absolute atomic E-state index is 0.0673. The molecular weight excluding hydrogens is 312 g/mol. The number of Topliss-reactive ketones (excluding diaryl/α,β-unsaturated/α-hetero) is 1. The fraction of sp³-hybridized carbons (Fsp3) is 0.350. The van der Waals surface area contributed by atoms with Gasteiger partial charge in [-0.1, -0.05) is 12.1 Å². The van der Waals surface area contributed by atoms with Crippen molar-refractivity contribution in [3.8, 4) is 0 Å². The molecular formula is C20H24N4O. The van der Waals surface area contributed by atoms with Crippen molar-refractivity contribution in [2.45, 2.75) is 19.0 Å². The van der Waals surface area contributed by atoms with Crippen LogP contribution in [-0.4, -0.2) is 43.4 Å². The number of allylic oxidation sites excluding steroid dienone is 1. The number of aromatic nitrogens is 1. The van der Waals surface area contributed by atoms with Crippen LogP contribution in [0.5, 0.6) is 0 Å². The molecule has 4 rings (SSSR count). The van der Waals surface area contributed by atoms with Crippen LogP contribution in [0.4, 0.5) is 5.69 Å². The minimum atomic E-state index is 0.0673. The Hall–Kier alpha value is -2.53. The van der Waals surface area contributed by atoms with Crippen LogP contribution in [0.3, 0.4) is 0 Å². The highest BCUT2D eigenvalue weighted by atomic mass is 16.1. The average molecular weight is 336 g/mol. The van der Waals surface area contributed by atoms with Gasteiger partial charge in [-0.2, -0.15) is 0 Å². The number of hydrogen-bond acceptors (Lipinski definition) is 4. The van der Waals surface area contributed by atoms with Crippen molar-refractivity contribution in [1.29, 1.82) is 0 Å². The smallest absolute Gasteiger partial charge is 0.225 e. The molecule has 25 heavy (non-hydrogen) atoms. The van der Waals surface area contributed by atoms with E-state index in [9.17, 15) is 4.79 Å². The zero-order valence-corrected chi connectivity index (χ0v) is 15.0. The van der Waals surface area contributed by atoms with Gasteiger partial charge in [0.15, 0.2) is 0 Å². The van der Waals surface area contributed by atoms with Gasteiger partial charge < -0.3 is 15.2 Å². The Morgan fingerprint density at radius 3 is 2.76 bits per heavy atom. The second kappa shape index (κ2) is 6.08. The summed E-state index contributed by atoms with van der Waals surface area (Å²) < 4.78 is 0. The van der Waals surface area contributed by atoms with Crippen LogP contribution in [0.1, 0.15) is 33.2 Å². The summed E-state index contributed by atoms with van der Waals surface area (Å²) in [6.45, 7) is 1.66. The summed E-state index contributed by atoms with van der Waals surface area (Å²) in [4.78, 5) is 20.4. The lowest BCUT2D eigenvalue weighted by Crippen LogP contribution is -2.36. The van der Waals surface area contributed by atoms with Crippen LogP contribution in [-0.2, 0) is 13.0 Å². The molecule has 0 saturated heterocycles. The predicted molar refractivity (Wildman–Crippen MR) is 99.9 cm³/mol. The van der Waals surface area contributed by atoms with E-state index in [-0.39, 0.29) is 11.8 Å². The lowest BCUT2D eigenvalue weighted by molar-refractivity contribution is 0.101. The van der Waals surface area contributed by atoms with Crippen LogP contribution in [0.2, 0.25) is 0 Å². The van der Waals surface area contributed by atoms with E-state index in [4.69, 9.17) is 0 Å². The Morgan fingerprint density at radius 1 is 1.28 bits per heavy atom. The summed E-state index contributed by atoms with van der Waals surface area (Å²) in [5.41, 5.74) is 6.22. The number of anilines is 1. The van der Waals surface area contributed by atoms with Crippen LogP contribution >= 0.6 is 0 Å². The molecule has 5 nitrogen and oxygen atoms in total. The first-order valence-corrected chi connectivity index (χ1v) is 8.71. The quantitative estimate of drug-likeness (QED) is 0.901. The van der Waals surface area contributed by atoms with Crippen molar-refractivity contribution in [1.82, 2.24) is 15.2 Å². The van der Waals surface area contributed by atoms with E-state index < -0.39 is 0 Å². The molecule has 2 aromatic rings. The summed E-state index contributed by atoms with van der Waals surface area (Å²) in [6, 6.07) is 8.57. The minimum Gasteiger partial charge on any atom is -0.378 e. The molecule has 1 atom stereocenters. The van der Waals surface area contributed by atoms with E-state index in [0.717, 1.165) is 24.2 Å². The highest BCUT2D eigenvalue weighted by Crippen LogP contribution is 2.37. The number of nitrogens with zero attached hydrogens (tertiary/aromatic N) is 2. The van der Waals surface area contributed by atoms with Crippen LogP contribution in [0.15, 0.2) is 42.2 Å². The molecule has 1 unspecified atom stereocenters. The third-order valence-electron chi connectivity index (χ3n) is 5.24. The average Bonchev–Trinajstić information content (AvgIpc) is 3.04. The van der Waals surface area contributed by atoms with Crippen molar-refractivity contribution in [3.63, 3.8) is 0 Å². The molecule has 5 heteroatoms. The molecule has 2 N–H and O–H groups in total. The van der Waals surface area contributed by atoms with Gasteiger partial charge in [0, 0.05) is 44.6 Å². The number of carbonyl (C=O) groups is 1. The summed E-state index contributed by atoms with van der Waals surface area (Å²) >= 11 is 0. The third kappa shape index (κ3) is 2.74. The number of aromatic amines is 1. The first-order chi connectivity index (χ1) is 12.0. The molecule has 2 heterocycles. The molecule has 0 radical (unpaired) electrons. The monoisotopic (exact) mass is 336 g/mol. The summed E-state index contributed by atoms with van der Waals surface area (Å²) in [5, 5.41) is 3.35. The van der Waals surface area contributed by atoms with E-state index in [2.05, 4.69) is 57.5 Å². The van der Waals surface area contributed by atoms with E-state index in [1.54, 1.807) is 0 Å². The summed E-state index contributed by atoms with van der Waals surface area (Å²) in [6.07, 6.45) is 5.08. The van der Waals surface area contributed by atoms with E-state index in [1.165, 1.54) is 16.8 Å². The van der Waals surface area contributed by atoms with Crippen molar-refractivity contribution in [2.24, 2.45) is 0 Å². The lowest BCUT2D eigenvalue weighted by Gasteiger charge is -2.34. The second-order valence-electron chi connectivity index (χ2n) is 7.10. The highest BCUT2D eigenvalue weighted by Gasteiger charge is 2.35. The van der Waals surface area contributed by atoms with E-state index in [1.807, 2.05) is 20.3 Å². The molecule has 1 aliphatic heterocycles. The number of H-pyrrole nitrogens is 1. The van der Waals surface area contributed by atoms with Crippen LogP contribution < -0.4 is 10.2 Å². The van der Waals surface area contributed by atoms with Crippen molar-refractivity contribution >= 4 is 11.5 Å². The summed E-state index contributed by atoms with van der Waals surface area (Å²) in [5.74, 6) is 0.0673. The van der Waals surface area contributed by atoms with Gasteiger partial charge in [-0.3, -0.25) is 9.69 Å². The molecule has 0 bridgehead atoms. The Kier molecular flexibility index (Phi) is 3.88. The number of likely N-dealkylation sites (N-methyl/N-ethyl adjacent to an activating group) is 1. The molecule has 130 valence electrons. The standard InChI is InChI=1S/C20H24N4O/c1-23(2)15-6-4-13(5-7-15)11-21-16-10-17-18-14(8-9-24(17)3)12-22-19(18)20(16)25/h4-7,10,12,17,21-22H,8-9,11H2,1-3H3. The number of nitrogens with one attached hydrogen (secondary N) is 2. The molecule has 0 saturated carbocycles. The largest absolute Gasteiger partial charge is 0.378 e. The Labute approximate surface area is 148 Å². The molecule has 1 aromatic carbocycles. The number of rotatable bonds is 4. The molecule has 0 spiro atoms. The third-order valence-corrected chi connectivity index (χ3v) is 5.24. The highest BCUT2D eigenvalue weighted by molar-refractivity contribution is 6.09. The number of carbonyl (C=O) groups excluding carboxylic acids is 1. The molecule has 1 aliphatic carbocycles. The zero-order chi connectivity index (χ0) is 17.6. The summed E-state index contributed by atoms with van der Waals surface area (Å²) in [7, 11) is 6.18. The fourth-order valence-corrected chi connectivity index (χ4v) is 3.69. The topological polar surface area (TPSA) is 51.4 Å². The van der Waals surface area contributed by atoms with E-state index >= 15 is 0 Å². The fourth-order valence-electron chi connectivity index (χ4n) is 3.69. The first-order valence-electron chi connectivity index (χ1n) is 8.71. The molecule has 1 aromatic heterocycles. The zero-order valence-electron chi connectivity index (χ0n) is 15.0. The van der Waals surface area contributed by atoms with Crippen molar-refractivity contribution in [3.05, 3.63) is 64.6 Å². The van der Waals surface area contributed by atoms with Gasteiger partial charge in [-0.25, -0.2) is 0 Å². The van der Waals surface area contributed by atoms with Crippen molar-refractivity contribution in [2.75, 3.05) is 32.6 Å². The maximum atomic E-state index is 12.8. The van der Waals surface area contributed by atoms with Gasteiger partial charge in [0.25, 0.3) is 0 Å². The lowest BCUT2D eigenvalue weighted by atomic mass is 9.88. The van der Waals surface area contributed by atoms with Gasteiger partial charge in [0.1, 0.15) is 0 Å². The normalized spacial score (nSPS) is 19.4. The van der Waals surface area contributed by atoms with E-state index in [0.29, 0.717) is 12.2 Å². The predicted octanol–water partition coefficient (Wildman–Crippen LogP) is 2.48. The molecule has 2 aliphatic rings. The Morgan fingerprint density at radius 2 is 2.04 bits per heavy atom. The number of hydrogen-bond donors (Lipinski definition) is 2. The van der Waals surface area contributed by atoms with Gasteiger partial charge in [0.05, 0.1) is 17.4 Å². The molecule has 0 amide bonds. The first kappa shape index (κ1) is 16.0. The second-order valence-corrected chi connectivity index (χ2v) is 7.10. The van der Waals surface area contributed by atoms with Crippen LogP contribution in [0, 0.1) is 0 Å². The van der Waals surface area contributed by atoms with Crippen molar-refractivity contribution < 1.29 is 4.79 Å². The Bertz CT molecular complexity index is 832. The van der Waals surface area contributed by atoms with Gasteiger partial charge in [-0.15, -0.1) is 0 Å². The van der Waals surface area contributed by atoms with Crippen LogP contribution in [0.25, 0.3) is 0 Å². The van der Waals surface area contributed by atoms with Gasteiger partial charge in [0.2, 0.25) is 5.78 Å².